The van der Waals surface area contributed by atoms with E-state index in [0.717, 1.165) is 37.8 Å². The standard InChI is InChI=1S/C13H21BrN2O/c1-11(2)16-6-3-12(15-16)9-13(10-14)4-7-17-8-5-13/h3,6,11H,4-5,7-10H2,1-2H3. The molecule has 0 aromatic carbocycles. The molecule has 1 aromatic heterocycles. The second-order valence-corrected chi connectivity index (χ2v) is 5.86. The van der Waals surface area contributed by atoms with Crippen molar-refractivity contribution in [2.75, 3.05) is 18.5 Å². The van der Waals surface area contributed by atoms with Crippen molar-refractivity contribution in [2.45, 2.75) is 39.2 Å². The van der Waals surface area contributed by atoms with Gasteiger partial charge in [0.05, 0.1) is 5.69 Å². The molecule has 1 aromatic rings. The summed E-state index contributed by atoms with van der Waals surface area (Å²) in [6.45, 7) is 6.09. The predicted octanol–water partition coefficient (Wildman–Crippen LogP) is 3.20. The summed E-state index contributed by atoms with van der Waals surface area (Å²) in [5, 5.41) is 5.69. The van der Waals surface area contributed by atoms with Crippen LogP contribution in [0.25, 0.3) is 0 Å². The van der Waals surface area contributed by atoms with Gasteiger partial charge in [0.2, 0.25) is 0 Å². The van der Waals surface area contributed by atoms with Crippen LogP contribution in [-0.4, -0.2) is 28.3 Å². The Bertz CT molecular complexity index is 356. The number of aromatic nitrogens is 2. The molecule has 1 fully saturated rings. The van der Waals surface area contributed by atoms with Gasteiger partial charge in [-0.25, -0.2) is 0 Å². The van der Waals surface area contributed by atoms with Crippen molar-refractivity contribution in [3.05, 3.63) is 18.0 Å². The third-order valence-corrected chi connectivity index (χ3v) is 4.78. The summed E-state index contributed by atoms with van der Waals surface area (Å²) in [6.07, 6.45) is 5.40. The van der Waals surface area contributed by atoms with Gasteiger partial charge in [-0.1, -0.05) is 15.9 Å². The summed E-state index contributed by atoms with van der Waals surface area (Å²) in [4.78, 5) is 0. The average molecular weight is 301 g/mol. The first-order valence-electron chi connectivity index (χ1n) is 6.33. The molecule has 1 aliphatic rings. The van der Waals surface area contributed by atoms with Crippen molar-refractivity contribution in [3.8, 4) is 0 Å². The van der Waals surface area contributed by atoms with E-state index in [1.54, 1.807) is 0 Å². The van der Waals surface area contributed by atoms with Gasteiger partial charge >= 0.3 is 0 Å². The predicted molar refractivity (Wildman–Crippen MR) is 72.6 cm³/mol. The van der Waals surface area contributed by atoms with Crippen LogP contribution in [0.4, 0.5) is 0 Å². The molecule has 0 spiro atoms. The maximum atomic E-state index is 5.46. The molecule has 2 heterocycles. The highest BCUT2D eigenvalue weighted by atomic mass is 79.9. The van der Waals surface area contributed by atoms with Crippen molar-refractivity contribution in [1.29, 1.82) is 0 Å². The molecule has 0 bridgehead atoms. The van der Waals surface area contributed by atoms with Gasteiger partial charge in [0, 0.05) is 30.8 Å². The Balaban J connectivity index is 2.06. The van der Waals surface area contributed by atoms with Crippen LogP contribution in [0, 0.1) is 5.41 Å². The molecule has 0 aliphatic carbocycles. The first-order valence-corrected chi connectivity index (χ1v) is 7.45. The van der Waals surface area contributed by atoms with E-state index in [0.29, 0.717) is 11.5 Å². The van der Waals surface area contributed by atoms with Crippen LogP contribution in [-0.2, 0) is 11.2 Å². The first kappa shape index (κ1) is 13.1. The molecule has 17 heavy (non-hydrogen) atoms. The minimum atomic E-state index is 0.342. The van der Waals surface area contributed by atoms with Crippen LogP contribution in [0.1, 0.15) is 38.4 Å². The van der Waals surface area contributed by atoms with Crippen LogP contribution in [0.5, 0.6) is 0 Å². The SMILES string of the molecule is CC(C)n1ccc(CC2(CBr)CCOCC2)n1. The average Bonchev–Trinajstić information content (AvgIpc) is 2.79. The van der Waals surface area contributed by atoms with E-state index >= 15 is 0 Å². The number of alkyl halides is 1. The zero-order valence-electron chi connectivity index (χ0n) is 10.7. The summed E-state index contributed by atoms with van der Waals surface area (Å²) >= 11 is 3.67. The summed E-state index contributed by atoms with van der Waals surface area (Å²) < 4.78 is 7.50. The van der Waals surface area contributed by atoms with E-state index < -0.39 is 0 Å². The quantitative estimate of drug-likeness (QED) is 0.799. The van der Waals surface area contributed by atoms with Crippen molar-refractivity contribution in [1.82, 2.24) is 9.78 Å². The Morgan fingerprint density at radius 3 is 2.71 bits per heavy atom. The molecule has 0 amide bonds. The van der Waals surface area contributed by atoms with E-state index in [2.05, 4.69) is 47.1 Å². The maximum absolute atomic E-state index is 5.46. The lowest BCUT2D eigenvalue weighted by Gasteiger charge is -2.35. The highest BCUT2D eigenvalue weighted by Gasteiger charge is 2.32. The zero-order valence-corrected chi connectivity index (χ0v) is 12.2. The van der Waals surface area contributed by atoms with Crippen molar-refractivity contribution in [2.24, 2.45) is 5.41 Å². The van der Waals surface area contributed by atoms with E-state index in [1.807, 2.05) is 4.68 Å². The minimum Gasteiger partial charge on any atom is -0.381 e. The number of ether oxygens (including phenoxy) is 1. The molecule has 0 radical (unpaired) electrons. The molecule has 2 rings (SSSR count). The third kappa shape index (κ3) is 3.10. The number of hydrogen-bond acceptors (Lipinski definition) is 2. The molecular formula is C13H21BrN2O. The van der Waals surface area contributed by atoms with E-state index in [4.69, 9.17) is 4.74 Å². The molecule has 1 saturated heterocycles. The van der Waals surface area contributed by atoms with Crippen LogP contribution in [0.2, 0.25) is 0 Å². The molecule has 0 atom stereocenters. The first-order chi connectivity index (χ1) is 8.15. The van der Waals surface area contributed by atoms with E-state index in [-0.39, 0.29) is 0 Å². The van der Waals surface area contributed by atoms with Gasteiger partial charge in [-0.05, 0) is 44.6 Å². The lowest BCUT2D eigenvalue weighted by atomic mass is 9.78. The fourth-order valence-electron chi connectivity index (χ4n) is 2.31. The zero-order chi connectivity index (χ0) is 12.3. The minimum absolute atomic E-state index is 0.342. The monoisotopic (exact) mass is 300 g/mol. The van der Waals surface area contributed by atoms with Gasteiger partial charge in [-0.2, -0.15) is 5.10 Å². The highest BCUT2D eigenvalue weighted by Crippen LogP contribution is 2.35. The third-order valence-electron chi connectivity index (χ3n) is 3.59. The van der Waals surface area contributed by atoms with Crippen LogP contribution >= 0.6 is 15.9 Å². The maximum Gasteiger partial charge on any atom is 0.0630 e. The molecule has 96 valence electrons. The van der Waals surface area contributed by atoms with Gasteiger partial charge in [0.25, 0.3) is 0 Å². The Morgan fingerprint density at radius 1 is 1.47 bits per heavy atom. The van der Waals surface area contributed by atoms with Gasteiger partial charge in [0.15, 0.2) is 0 Å². The Labute approximate surface area is 112 Å². The van der Waals surface area contributed by atoms with Gasteiger partial charge < -0.3 is 4.74 Å². The normalized spacial score (nSPS) is 19.8. The second-order valence-electron chi connectivity index (χ2n) is 5.30. The Kier molecular flexibility index (Phi) is 4.26. The van der Waals surface area contributed by atoms with Gasteiger partial charge in [-0.3, -0.25) is 4.68 Å². The molecule has 3 nitrogen and oxygen atoms in total. The number of rotatable bonds is 4. The molecule has 1 aliphatic heterocycles. The summed E-state index contributed by atoms with van der Waals surface area (Å²) in [5.74, 6) is 0. The van der Waals surface area contributed by atoms with Crippen LogP contribution in [0.3, 0.4) is 0 Å². The molecule has 4 heteroatoms. The highest BCUT2D eigenvalue weighted by molar-refractivity contribution is 9.09. The lowest BCUT2D eigenvalue weighted by molar-refractivity contribution is 0.0265. The second kappa shape index (κ2) is 5.53. The fraction of sp³-hybridized carbons (Fsp3) is 0.769. The van der Waals surface area contributed by atoms with Gasteiger partial charge in [0.1, 0.15) is 0 Å². The van der Waals surface area contributed by atoms with Crippen LogP contribution < -0.4 is 0 Å². The van der Waals surface area contributed by atoms with E-state index in [1.165, 1.54) is 5.69 Å². The van der Waals surface area contributed by atoms with E-state index in [9.17, 15) is 0 Å². The smallest absolute Gasteiger partial charge is 0.0630 e. The number of hydrogen-bond donors (Lipinski definition) is 0. The number of halogens is 1. The summed E-state index contributed by atoms with van der Waals surface area (Å²) in [5.41, 5.74) is 1.55. The van der Waals surface area contributed by atoms with Gasteiger partial charge in [-0.15, -0.1) is 0 Å². The largest absolute Gasteiger partial charge is 0.381 e. The lowest BCUT2D eigenvalue weighted by Crippen LogP contribution is -2.33. The topological polar surface area (TPSA) is 27.1 Å². The van der Waals surface area contributed by atoms with Crippen molar-refractivity contribution < 1.29 is 4.74 Å². The molecule has 0 N–H and O–H groups in total. The Hall–Kier alpha value is -0.350. The van der Waals surface area contributed by atoms with Crippen molar-refractivity contribution in [3.63, 3.8) is 0 Å². The molecular weight excluding hydrogens is 280 g/mol. The van der Waals surface area contributed by atoms with Crippen molar-refractivity contribution >= 4 is 15.9 Å². The summed E-state index contributed by atoms with van der Waals surface area (Å²) in [6, 6.07) is 2.60. The molecule has 0 unspecified atom stereocenters. The molecule has 0 saturated carbocycles. The summed E-state index contributed by atoms with van der Waals surface area (Å²) in [7, 11) is 0. The fourth-order valence-corrected chi connectivity index (χ4v) is 3.06. The van der Waals surface area contributed by atoms with Crippen LogP contribution in [0.15, 0.2) is 12.3 Å². The Morgan fingerprint density at radius 2 is 2.18 bits per heavy atom. The number of nitrogens with zero attached hydrogens (tertiary/aromatic N) is 2.